The topological polar surface area (TPSA) is 29.4 Å². The van der Waals surface area contributed by atoms with E-state index in [4.69, 9.17) is 4.74 Å². The van der Waals surface area contributed by atoms with Gasteiger partial charge >= 0.3 is 0 Å². The van der Waals surface area contributed by atoms with Gasteiger partial charge in [0.1, 0.15) is 11.4 Å². The lowest BCUT2D eigenvalue weighted by Crippen LogP contribution is -2.22. The predicted molar refractivity (Wildman–Crippen MR) is 110 cm³/mol. The van der Waals surface area contributed by atoms with Crippen molar-refractivity contribution in [3.05, 3.63) is 30.0 Å². The molecule has 0 saturated heterocycles. The van der Waals surface area contributed by atoms with Crippen LogP contribution in [0.3, 0.4) is 0 Å². The maximum Gasteiger partial charge on any atom is 0.122 e. The van der Waals surface area contributed by atoms with Gasteiger partial charge in [-0.3, -0.25) is 4.72 Å². The van der Waals surface area contributed by atoms with Gasteiger partial charge in [-0.05, 0) is 64.9 Å². The molecule has 0 fully saturated rings. The van der Waals surface area contributed by atoms with Crippen molar-refractivity contribution in [2.45, 2.75) is 53.2 Å². The van der Waals surface area contributed by atoms with Gasteiger partial charge in [0.2, 0.25) is 0 Å². The van der Waals surface area contributed by atoms with Gasteiger partial charge in [0.15, 0.2) is 0 Å². The first kappa shape index (κ1) is 20.1. The molecule has 0 radical (unpaired) electrons. The molecule has 5 heteroatoms. The third-order valence-corrected chi connectivity index (χ3v) is 4.36. The van der Waals surface area contributed by atoms with E-state index in [1.807, 2.05) is 14.1 Å². The highest BCUT2D eigenvalue weighted by atomic mass is 32.2. The van der Waals surface area contributed by atoms with E-state index < -0.39 is 0 Å². The molecule has 25 heavy (non-hydrogen) atoms. The minimum absolute atomic E-state index is 0.181. The van der Waals surface area contributed by atoms with Crippen LogP contribution in [0.2, 0.25) is 0 Å². The summed E-state index contributed by atoms with van der Waals surface area (Å²) in [5, 5.41) is 1.33. The quantitative estimate of drug-likeness (QED) is 0.542. The Kier molecular flexibility index (Phi) is 6.83. The lowest BCUT2D eigenvalue weighted by atomic mass is 10.1. The van der Waals surface area contributed by atoms with E-state index in [1.165, 1.54) is 16.5 Å². The highest BCUT2D eigenvalue weighted by Crippen LogP contribution is 2.29. The standard InChI is InChI=1S/C20H33N3OS/c1-15(2)13-23-14-16(10-11-21-25-22(6)7)18-9-8-17(12-19(18)23)24-20(3,4)5/h8-9,12,14-15,21H,10-11,13H2,1-7H3. The first-order valence-corrected chi connectivity index (χ1v) is 9.81. The molecule has 140 valence electrons. The van der Waals surface area contributed by atoms with E-state index in [9.17, 15) is 0 Å². The third-order valence-electron chi connectivity index (χ3n) is 3.67. The molecule has 0 saturated carbocycles. The lowest BCUT2D eigenvalue weighted by Gasteiger charge is -2.21. The monoisotopic (exact) mass is 363 g/mol. The number of aromatic nitrogens is 1. The summed E-state index contributed by atoms with van der Waals surface area (Å²) in [6, 6.07) is 6.49. The molecule has 0 aliphatic heterocycles. The third kappa shape index (κ3) is 6.24. The Morgan fingerprint density at radius 3 is 2.56 bits per heavy atom. The van der Waals surface area contributed by atoms with Gasteiger partial charge in [-0.2, -0.15) is 0 Å². The average molecular weight is 364 g/mol. The number of hydrogen-bond donors (Lipinski definition) is 1. The SMILES string of the molecule is CC(C)Cn1cc(CCNSN(C)C)c2ccc(OC(C)(C)C)cc21. The van der Waals surface area contributed by atoms with Crippen LogP contribution in [-0.4, -0.2) is 35.1 Å². The summed E-state index contributed by atoms with van der Waals surface area (Å²) in [7, 11) is 4.09. The number of hydrogen-bond acceptors (Lipinski definition) is 4. The van der Waals surface area contributed by atoms with Crippen molar-refractivity contribution in [1.29, 1.82) is 0 Å². The molecule has 0 aliphatic rings. The van der Waals surface area contributed by atoms with E-state index >= 15 is 0 Å². The highest BCUT2D eigenvalue weighted by molar-refractivity contribution is 7.95. The van der Waals surface area contributed by atoms with Gasteiger partial charge < -0.3 is 9.30 Å². The van der Waals surface area contributed by atoms with Crippen LogP contribution in [0.25, 0.3) is 10.9 Å². The van der Waals surface area contributed by atoms with Gasteiger partial charge in [-0.1, -0.05) is 13.8 Å². The van der Waals surface area contributed by atoms with Crippen molar-refractivity contribution in [3.8, 4) is 5.75 Å². The zero-order valence-corrected chi connectivity index (χ0v) is 17.5. The lowest BCUT2D eigenvalue weighted by molar-refractivity contribution is 0.131. The maximum atomic E-state index is 6.07. The van der Waals surface area contributed by atoms with Crippen LogP contribution in [0.5, 0.6) is 5.75 Å². The molecule has 1 N–H and O–H groups in total. The molecule has 0 bridgehead atoms. The summed E-state index contributed by atoms with van der Waals surface area (Å²) >= 11 is 1.64. The number of benzene rings is 1. The van der Waals surface area contributed by atoms with Gasteiger partial charge in [-0.25, -0.2) is 4.31 Å². The smallest absolute Gasteiger partial charge is 0.122 e. The first-order chi connectivity index (χ1) is 11.7. The summed E-state index contributed by atoms with van der Waals surface area (Å²) in [6.45, 7) is 12.8. The Morgan fingerprint density at radius 2 is 1.96 bits per heavy atom. The first-order valence-electron chi connectivity index (χ1n) is 9.03. The number of rotatable bonds is 8. The van der Waals surface area contributed by atoms with Gasteiger partial charge in [0, 0.05) is 42.9 Å². The van der Waals surface area contributed by atoms with Crippen LogP contribution in [0, 0.1) is 5.92 Å². The predicted octanol–water partition coefficient (Wildman–Crippen LogP) is 4.73. The van der Waals surface area contributed by atoms with Crippen LogP contribution in [-0.2, 0) is 13.0 Å². The average Bonchev–Trinajstić information content (AvgIpc) is 2.78. The summed E-state index contributed by atoms with van der Waals surface area (Å²) in [4.78, 5) is 0. The fraction of sp³-hybridized carbons (Fsp3) is 0.600. The van der Waals surface area contributed by atoms with Gasteiger partial charge in [-0.15, -0.1) is 0 Å². The van der Waals surface area contributed by atoms with E-state index in [0.29, 0.717) is 5.92 Å². The molecule has 1 aromatic carbocycles. The molecular formula is C20H33N3OS. The number of nitrogens with one attached hydrogen (secondary N) is 1. The summed E-state index contributed by atoms with van der Waals surface area (Å²) in [6.07, 6.45) is 3.33. The molecule has 4 nitrogen and oxygen atoms in total. The fourth-order valence-electron chi connectivity index (χ4n) is 2.87. The van der Waals surface area contributed by atoms with Crippen molar-refractivity contribution in [1.82, 2.24) is 13.6 Å². The normalized spacial score (nSPS) is 12.5. The minimum Gasteiger partial charge on any atom is -0.488 e. The Balaban J connectivity index is 2.26. The van der Waals surface area contributed by atoms with Crippen LogP contribution in [0.15, 0.2) is 24.4 Å². The molecule has 0 aliphatic carbocycles. The zero-order valence-electron chi connectivity index (χ0n) is 16.7. The summed E-state index contributed by atoms with van der Waals surface area (Å²) in [5.41, 5.74) is 2.48. The number of fused-ring (bicyclic) bond motifs is 1. The molecule has 2 aromatic rings. The Hall–Kier alpha value is -1.17. The molecule has 0 spiro atoms. The molecule has 1 aromatic heterocycles. The molecule has 0 amide bonds. The van der Waals surface area contributed by atoms with Crippen molar-refractivity contribution < 1.29 is 4.74 Å². The Labute approximate surface area is 157 Å². The molecule has 0 unspecified atom stereocenters. The Morgan fingerprint density at radius 1 is 1.24 bits per heavy atom. The van der Waals surface area contributed by atoms with Crippen LogP contribution in [0.4, 0.5) is 0 Å². The van der Waals surface area contributed by atoms with Gasteiger partial charge in [0.25, 0.3) is 0 Å². The summed E-state index contributed by atoms with van der Waals surface area (Å²) in [5.74, 6) is 1.55. The van der Waals surface area contributed by atoms with Crippen molar-refractivity contribution in [2.75, 3.05) is 20.6 Å². The van der Waals surface area contributed by atoms with Crippen LogP contribution in [0.1, 0.15) is 40.2 Å². The van der Waals surface area contributed by atoms with Crippen LogP contribution >= 0.6 is 12.1 Å². The minimum atomic E-state index is -0.181. The Bertz CT molecular complexity index is 686. The molecule has 1 heterocycles. The highest BCUT2D eigenvalue weighted by Gasteiger charge is 2.15. The van der Waals surface area contributed by atoms with Crippen molar-refractivity contribution in [3.63, 3.8) is 0 Å². The van der Waals surface area contributed by atoms with E-state index in [0.717, 1.165) is 25.3 Å². The summed E-state index contributed by atoms with van der Waals surface area (Å²) < 4.78 is 13.9. The van der Waals surface area contributed by atoms with Crippen molar-refractivity contribution in [2.24, 2.45) is 5.92 Å². The number of nitrogens with zero attached hydrogens (tertiary/aromatic N) is 2. The van der Waals surface area contributed by atoms with E-state index in [1.54, 1.807) is 12.1 Å². The zero-order chi connectivity index (χ0) is 18.6. The molecule has 2 rings (SSSR count). The largest absolute Gasteiger partial charge is 0.488 e. The molecular weight excluding hydrogens is 330 g/mol. The maximum absolute atomic E-state index is 6.07. The second-order valence-electron chi connectivity index (χ2n) is 8.14. The van der Waals surface area contributed by atoms with E-state index in [2.05, 4.69) is 72.6 Å². The molecule has 0 atom stereocenters. The van der Waals surface area contributed by atoms with E-state index in [-0.39, 0.29) is 5.60 Å². The van der Waals surface area contributed by atoms with Crippen LogP contribution < -0.4 is 9.46 Å². The second-order valence-corrected chi connectivity index (χ2v) is 9.34. The van der Waals surface area contributed by atoms with Crippen molar-refractivity contribution >= 4 is 23.0 Å². The van der Waals surface area contributed by atoms with Gasteiger partial charge in [0.05, 0.1) is 5.52 Å². The second kappa shape index (κ2) is 8.47. The fourth-order valence-corrected chi connectivity index (χ4v) is 3.32. The number of ether oxygens (including phenoxy) is 1.